The molecule has 7 aromatic rings. The highest BCUT2D eigenvalue weighted by Crippen LogP contribution is 2.52. The first-order chi connectivity index (χ1) is 18.7. The maximum Gasteiger partial charge on any atom is 0.189 e. The first-order valence-electron chi connectivity index (χ1n) is 13.0. The second kappa shape index (κ2) is 7.50. The Kier molecular flexibility index (Phi) is 4.17. The fourth-order valence-electron chi connectivity index (χ4n) is 6.53. The van der Waals surface area contributed by atoms with Gasteiger partial charge in [0.25, 0.3) is 0 Å². The van der Waals surface area contributed by atoms with E-state index in [1.165, 1.54) is 49.3 Å². The molecule has 0 N–H and O–H groups in total. The Hall–Kier alpha value is -5.01. The minimum Gasteiger partial charge on any atom is -0.336 e. The van der Waals surface area contributed by atoms with Crippen LogP contribution in [0.25, 0.3) is 59.8 Å². The summed E-state index contributed by atoms with van der Waals surface area (Å²) in [5, 5.41) is 5.02. The molecule has 4 heteroatoms. The average molecular weight is 489 g/mol. The van der Waals surface area contributed by atoms with Crippen LogP contribution in [-0.4, -0.2) is 15.2 Å². The minimum atomic E-state index is 0.231. The molecule has 5 aromatic carbocycles. The summed E-state index contributed by atoms with van der Waals surface area (Å²) >= 11 is 0. The van der Waals surface area contributed by atoms with Crippen LogP contribution in [0.2, 0.25) is 0 Å². The molecule has 0 atom stereocenters. The molecule has 2 aromatic heterocycles. The fraction of sp³-hybridized carbons (Fsp3) is 0.0882. The molecule has 38 heavy (non-hydrogen) atoms. The molecular formula is C34H24N4. The van der Waals surface area contributed by atoms with Gasteiger partial charge in [-0.05, 0) is 56.3 Å². The van der Waals surface area contributed by atoms with Crippen molar-refractivity contribution in [3.05, 3.63) is 115 Å². The van der Waals surface area contributed by atoms with E-state index >= 15 is 0 Å². The maximum absolute atomic E-state index is 7.69. The smallest absolute Gasteiger partial charge is 0.189 e. The summed E-state index contributed by atoms with van der Waals surface area (Å²) in [6.45, 7) is 12.2. The standard InChI is InChI=1S/C34H24N4/c1-21(2)36-28-18-17-22(35-3)19-29(28)38-27-16-10-8-14-25(27)33-32-24-13-7-9-15-26(24)37(23-11-5-4-6-12-23)30(32)20-31(36)34(33)38/h4-21H,1-2H3. The lowest BCUT2D eigenvalue weighted by Crippen LogP contribution is -2.29. The zero-order chi connectivity index (χ0) is 25.5. The van der Waals surface area contributed by atoms with Gasteiger partial charge in [-0.2, -0.15) is 0 Å². The van der Waals surface area contributed by atoms with Crippen molar-refractivity contribution in [1.29, 1.82) is 0 Å². The van der Waals surface area contributed by atoms with E-state index in [-0.39, 0.29) is 6.04 Å². The van der Waals surface area contributed by atoms with E-state index < -0.39 is 0 Å². The Morgan fingerprint density at radius 3 is 1.97 bits per heavy atom. The number of fused-ring (bicyclic) bond motifs is 9. The van der Waals surface area contributed by atoms with Gasteiger partial charge in [-0.1, -0.05) is 60.7 Å². The molecule has 4 nitrogen and oxygen atoms in total. The van der Waals surface area contributed by atoms with Crippen molar-refractivity contribution >= 4 is 60.7 Å². The van der Waals surface area contributed by atoms with Gasteiger partial charge < -0.3 is 14.0 Å². The van der Waals surface area contributed by atoms with Gasteiger partial charge in [0.05, 0.1) is 45.7 Å². The van der Waals surface area contributed by atoms with Crippen LogP contribution in [0, 0.1) is 6.57 Å². The molecule has 0 saturated heterocycles. The molecule has 8 rings (SSSR count). The van der Waals surface area contributed by atoms with Gasteiger partial charge in [0.1, 0.15) is 0 Å². The molecule has 0 amide bonds. The molecule has 0 saturated carbocycles. The van der Waals surface area contributed by atoms with Crippen LogP contribution in [0.5, 0.6) is 0 Å². The van der Waals surface area contributed by atoms with Gasteiger partial charge in [-0.3, -0.25) is 0 Å². The highest BCUT2D eigenvalue weighted by Gasteiger charge is 2.31. The minimum absolute atomic E-state index is 0.231. The SMILES string of the molecule is [C-]#[N+]c1ccc2c(c1)-n1c3ccccc3c3c4c5ccccc5n(-c5ccccc5)c4cc(c31)N2C(C)C. The first-order valence-corrected chi connectivity index (χ1v) is 13.0. The molecule has 1 aliphatic heterocycles. The Bertz CT molecular complexity index is 2120. The second-order valence-corrected chi connectivity index (χ2v) is 10.3. The van der Waals surface area contributed by atoms with E-state index in [1.54, 1.807) is 0 Å². The van der Waals surface area contributed by atoms with E-state index in [2.05, 4.69) is 124 Å². The zero-order valence-corrected chi connectivity index (χ0v) is 21.2. The van der Waals surface area contributed by atoms with Crippen molar-refractivity contribution in [2.24, 2.45) is 0 Å². The number of benzene rings is 5. The van der Waals surface area contributed by atoms with Crippen LogP contribution < -0.4 is 4.90 Å². The Morgan fingerprint density at radius 2 is 1.26 bits per heavy atom. The zero-order valence-electron chi connectivity index (χ0n) is 21.2. The summed E-state index contributed by atoms with van der Waals surface area (Å²) in [6, 6.07) is 36.8. The van der Waals surface area contributed by atoms with Crippen LogP contribution >= 0.6 is 0 Å². The lowest BCUT2D eigenvalue weighted by molar-refractivity contribution is 0.782. The van der Waals surface area contributed by atoms with E-state index in [0.717, 1.165) is 17.1 Å². The van der Waals surface area contributed by atoms with E-state index in [9.17, 15) is 0 Å². The summed E-state index contributed by atoms with van der Waals surface area (Å²) in [7, 11) is 0. The van der Waals surface area contributed by atoms with Crippen molar-refractivity contribution in [2.75, 3.05) is 4.90 Å². The highest BCUT2D eigenvalue weighted by atomic mass is 15.2. The van der Waals surface area contributed by atoms with Crippen molar-refractivity contribution in [3.63, 3.8) is 0 Å². The molecule has 0 unspecified atom stereocenters. The predicted octanol–water partition coefficient (Wildman–Crippen LogP) is 9.29. The van der Waals surface area contributed by atoms with Gasteiger partial charge in [0.2, 0.25) is 0 Å². The number of anilines is 2. The normalized spacial score (nSPS) is 12.6. The molecule has 3 heterocycles. The number of rotatable bonds is 2. The predicted molar refractivity (Wildman–Crippen MR) is 159 cm³/mol. The number of aromatic nitrogens is 2. The fourth-order valence-corrected chi connectivity index (χ4v) is 6.53. The summed E-state index contributed by atoms with van der Waals surface area (Å²) in [6.07, 6.45) is 0. The summed E-state index contributed by atoms with van der Waals surface area (Å²) in [4.78, 5) is 6.22. The van der Waals surface area contributed by atoms with Crippen LogP contribution in [0.4, 0.5) is 17.1 Å². The highest BCUT2D eigenvalue weighted by molar-refractivity contribution is 6.32. The third kappa shape index (κ3) is 2.58. The Morgan fingerprint density at radius 1 is 0.605 bits per heavy atom. The topological polar surface area (TPSA) is 17.5 Å². The second-order valence-electron chi connectivity index (χ2n) is 10.3. The van der Waals surface area contributed by atoms with Crippen molar-refractivity contribution in [2.45, 2.75) is 19.9 Å². The van der Waals surface area contributed by atoms with Crippen molar-refractivity contribution in [3.8, 4) is 11.4 Å². The number of nitrogens with zero attached hydrogens (tertiary/aromatic N) is 4. The number of hydrogen-bond acceptors (Lipinski definition) is 1. The average Bonchev–Trinajstić information content (AvgIpc) is 3.47. The maximum atomic E-state index is 7.69. The third-order valence-electron chi connectivity index (χ3n) is 7.93. The van der Waals surface area contributed by atoms with Gasteiger partial charge in [0.15, 0.2) is 5.69 Å². The summed E-state index contributed by atoms with van der Waals surface area (Å²) < 4.78 is 4.79. The molecule has 1 aliphatic rings. The molecule has 0 fully saturated rings. The number of para-hydroxylation sites is 3. The molecule has 180 valence electrons. The Labute approximate surface area is 220 Å². The van der Waals surface area contributed by atoms with Crippen molar-refractivity contribution < 1.29 is 0 Å². The van der Waals surface area contributed by atoms with Crippen molar-refractivity contribution in [1.82, 2.24) is 9.13 Å². The van der Waals surface area contributed by atoms with Crippen LogP contribution in [0.3, 0.4) is 0 Å². The molecule has 0 aliphatic carbocycles. The largest absolute Gasteiger partial charge is 0.336 e. The lowest BCUT2D eigenvalue weighted by Gasteiger charge is -2.36. The van der Waals surface area contributed by atoms with Crippen LogP contribution in [0.15, 0.2) is 103 Å². The van der Waals surface area contributed by atoms with E-state index in [0.29, 0.717) is 5.69 Å². The molecular weight excluding hydrogens is 464 g/mol. The monoisotopic (exact) mass is 488 g/mol. The van der Waals surface area contributed by atoms with Crippen LogP contribution in [0.1, 0.15) is 13.8 Å². The lowest BCUT2D eigenvalue weighted by atomic mass is 10.0. The van der Waals surface area contributed by atoms with Crippen LogP contribution in [-0.2, 0) is 0 Å². The van der Waals surface area contributed by atoms with Gasteiger partial charge >= 0.3 is 0 Å². The molecule has 0 bridgehead atoms. The van der Waals surface area contributed by atoms with E-state index in [4.69, 9.17) is 6.57 Å². The number of hydrogen-bond donors (Lipinski definition) is 0. The Balaban J connectivity index is 1.68. The molecule has 0 spiro atoms. The third-order valence-corrected chi connectivity index (χ3v) is 7.93. The summed E-state index contributed by atoms with van der Waals surface area (Å²) in [5.74, 6) is 0. The van der Waals surface area contributed by atoms with Gasteiger partial charge in [-0.25, -0.2) is 4.85 Å². The van der Waals surface area contributed by atoms with Gasteiger partial charge in [0, 0.05) is 33.3 Å². The quantitative estimate of drug-likeness (QED) is 0.222. The van der Waals surface area contributed by atoms with Gasteiger partial charge in [-0.15, -0.1) is 0 Å². The first kappa shape index (κ1) is 21.1. The summed E-state index contributed by atoms with van der Waals surface area (Å²) in [5.41, 5.74) is 9.98. The molecule has 0 radical (unpaired) electrons. The van der Waals surface area contributed by atoms with E-state index in [1.807, 2.05) is 12.1 Å².